The number of carboxylic acid groups (broad SMARTS) is 1. The molecule has 0 aromatic rings. The number of aliphatic carboxylic acids is 1. The summed E-state index contributed by atoms with van der Waals surface area (Å²) in [6.45, 7) is 4.55. The molecule has 0 radical (unpaired) electrons. The third-order valence-electron chi connectivity index (χ3n) is 3.75. The van der Waals surface area contributed by atoms with Gasteiger partial charge in [-0.15, -0.1) is 0 Å². The molecular weight excluding hydrogens is 204 g/mol. The Labute approximate surface area is 97.2 Å². The zero-order valence-electron chi connectivity index (χ0n) is 9.90. The molecule has 0 spiro atoms. The maximum Gasteiger partial charge on any atom is 0.317 e. The van der Waals surface area contributed by atoms with Gasteiger partial charge in [0.2, 0.25) is 0 Å². The van der Waals surface area contributed by atoms with E-state index in [1.54, 1.807) is 0 Å². The van der Waals surface area contributed by atoms with Crippen LogP contribution in [0.1, 0.15) is 32.1 Å². The Hall–Kier alpha value is -0.610. The third kappa shape index (κ3) is 3.19. The van der Waals surface area contributed by atoms with Gasteiger partial charge in [0.05, 0.1) is 6.54 Å². The summed E-state index contributed by atoms with van der Waals surface area (Å²) in [6.07, 6.45) is 6.39. The normalized spacial score (nSPS) is 29.1. The van der Waals surface area contributed by atoms with Gasteiger partial charge in [-0.25, -0.2) is 0 Å². The molecule has 0 aromatic carbocycles. The van der Waals surface area contributed by atoms with E-state index >= 15 is 0 Å². The van der Waals surface area contributed by atoms with Crippen LogP contribution in [0.5, 0.6) is 0 Å². The predicted molar refractivity (Wildman–Crippen MR) is 62.5 cm³/mol. The van der Waals surface area contributed by atoms with Gasteiger partial charge in [0.1, 0.15) is 0 Å². The number of rotatable bonds is 3. The van der Waals surface area contributed by atoms with Crippen LogP contribution in [0.15, 0.2) is 0 Å². The van der Waals surface area contributed by atoms with E-state index in [9.17, 15) is 4.79 Å². The fourth-order valence-corrected chi connectivity index (χ4v) is 2.95. The minimum Gasteiger partial charge on any atom is -0.480 e. The van der Waals surface area contributed by atoms with Crippen LogP contribution in [0, 0.1) is 0 Å². The molecule has 2 aliphatic rings. The zero-order valence-corrected chi connectivity index (χ0v) is 9.90. The van der Waals surface area contributed by atoms with Crippen molar-refractivity contribution in [2.45, 2.75) is 38.1 Å². The number of hydrogen-bond acceptors (Lipinski definition) is 3. The van der Waals surface area contributed by atoms with E-state index in [2.05, 4.69) is 9.80 Å². The van der Waals surface area contributed by atoms with Crippen LogP contribution >= 0.6 is 0 Å². The van der Waals surface area contributed by atoms with Gasteiger partial charge in [-0.1, -0.05) is 6.42 Å². The van der Waals surface area contributed by atoms with Gasteiger partial charge in [-0.3, -0.25) is 14.6 Å². The molecule has 2 aliphatic heterocycles. The first-order valence-electron chi connectivity index (χ1n) is 6.44. The average molecular weight is 226 g/mol. The minimum atomic E-state index is -0.695. The summed E-state index contributed by atoms with van der Waals surface area (Å²) in [6, 6.07) is 0.605. The summed E-state index contributed by atoms with van der Waals surface area (Å²) in [5.41, 5.74) is 0. The summed E-state index contributed by atoms with van der Waals surface area (Å²) >= 11 is 0. The molecule has 1 unspecified atom stereocenters. The van der Waals surface area contributed by atoms with Gasteiger partial charge < -0.3 is 5.11 Å². The van der Waals surface area contributed by atoms with Gasteiger partial charge in [0.15, 0.2) is 0 Å². The highest BCUT2D eigenvalue weighted by molar-refractivity contribution is 5.69. The topological polar surface area (TPSA) is 43.8 Å². The summed E-state index contributed by atoms with van der Waals surface area (Å²) in [7, 11) is 0. The zero-order chi connectivity index (χ0) is 11.4. The summed E-state index contributed by atoms with van der Waals surface area (Å²) in [5.74, 6) is -0.695. The second kappa shape index (κ2) is 5.64. The Bertz CT molecular complexity index is 239. The van der Waals surface area contributed by atoms with Crippen molar-refractivity contribution >= 4 is 5.97 Å². The van der Waals surface area contributed by atoms with E-state index in [0.717, 1.165) is 19.5 Å². The molecule has 2 saturated heterocycles. The highest BCUT2D eigenvalue weighted by Crippen LogP contribution is 2.19. The maximum atomic E-state index is 10.7. The van der Waals surface area contributed by atoms with Crippen LogP contribution in [0.3, 0.4) is 0 Å². The molecule has 2 rings (SSSR count). The van der Waals surface area contributed by atoms with Crippen molar-refractivity contribution in [2.75, 3.05) is 32.7 Å². The van der Waals surface area contributed by atoms with Gasteiger partial charge in [-0.2, -0.15) is 0 Å². The Kier molecular flexibility index (Phi) is 4.18. The summed E-state index contributed by atoms with van der Waals surface area (Å²) in [4.78, 5) is 15.4. The van der Waals surface area contributed by atoms with Crippen LogP contribution in [0.2, 0.25) is 0 Å². The molecule has 92 valence electrons. The van der Waals surface area contributed by atoms with Crippen molar-refractivity contribution in [1.29, 1.82) is 0 Å². The Balaban J connectivity index is 1.83. The average Bonchev–Trinajstić information content (AvgIpc) is 2.30. The molecule has 2 heterocycles. The van der Waals surface area contributed by atoms with Crippen LogP contribution in [-0.4, -0.2) is 59.6 Å². The second-order valence-electron chi connectivity index (χ2n) is 5.02. The van der Waals surface area contributed by atoms with Gasteiger partial charge >= 0.3 is 5.97 Å². The largest absolute Gasteiger partial charge is 0.480 e. The van der Waals surface area contributed by atoms with Gasteiger partial charge in [-0.05, 0) is 45.3 Å². The van der Waals surface area contributed by atoms with Crippen molar-refractivity contribution in [3.05, 3.63) is 0 Å². The molecule has 16 heavy (non-hydrogen) atoms. The highest BCUT2D eigenvalue weighted by atomic mass is 16.4. The van der Waals surface area contributed by atoms with Crippen LogP contribution in [0.4, 0.5) is 0 Å². The van der Waals surface area contributed by atoms with Crippen LogP contribution < -0.4 is 0 Å². The van der Waals surface area contributed by atoms with Crippen molar-refractivity contribution in [3.8, 4) is 0 Å². The first kappa shape index (κ1) is 11.9. The Morgan fingerprint density at radius 1 is 1.12 bits per heavy atom. The number of piperidine rings is 2. The number of likely N-dealkylation sites (tertiary alicyclic amines) is 2. The van der Waals surface area contributed by atoms with E-state index in [0.29, 0.717) is 6.04 Å². The molecule has 2 fully saturated rings. The fourth-order valence-electron chi connectivity index (χ4n) is 2.95. The molecule has 4 nitrogen and oxygen atoms in total. The third-order valence-corrected chi connectivity index (χ3v) is 3.75. The number of hydrogen-bond donors (Lipinski definition) is 1. The van der Waals surface area contributed by atoms with E-state index in [-0.39, 0.29) is 6.54 Å². The van der Waals surface area contributed by atoms with Crippen LogP contribution in [0.25, 0.3) is 0 Å². The minimum absolute atomic E-state index is 0.213. The molecule has 1 N–H and O–H groups in total. The quantitative estimate of drug-likeness (QED) is 0.780. The molecule has 0 amide bonds. The lowest BCUT2D eigenvalue weighted by molar-refractivity contribution is -0.138. The first-order valence-corrected chi connectivity index (χ1v) is 6.44. The first-order chi connectivity index (χ1) is 7.75. The fraction of sp³-hybridized carbons (Fsp3) is 0.917. The molecular formula is C12H22N2O2. The summed E-state index contributed by atoms with van der Waals surface area (Å²) < 4.78 is 0. The van der Waals surface area contributed by atoms with E-state index in [4.69, 9.17) is 5.11 Å². The van der Waals surface area contributed by atoms with Gasteiger partial charge in [0, 0.05) is 12.6 Å². The Morgan fingerprint density at radius 3 is 2.56 bits per heavy atom. The number of carbonyl (C=O) groups is 1. The molecule has 4 heteroatoms. The standard InChI is InChI=1S/C12H22N2O2/c15-12(16)10-13-6-4-5-11(9-13)14-7-2-1-3-8-14/h11H,1-10H2,(H,15,16). The SMILES string of the molecule is O=C(O)CN1CCCC(N2CCCCC2)C1. The molecule has 0 aliphatic carbocycles. The van der Waals surface area contributed by atoms with E-state index < -0.39 is 5.97 Å². The number of carboxylic acids is 1. The highest BCUT2D eigenvalue weighted by Gasteiger charge is 2.26. The number of nitrogens with zero attached hydrogens (tertiary/aromatic N) is 2. The molecule has 0 aromatic heterocycles. The Morgan fingerprint density at radius 2 is 1.88 bits per heavy atom. The van der Waals surface area contributed by atoms with Crippen molar-refractivity contribution in [2.24, 2.45) is 0 Å². The van der Waals surface area contributed by atoms with E-state index in [1.807, 2.05) is 0 Å². The summed E-state index contributed by atoms with van der Waals surface area (Å²) in [5, 5.41) is 8.81. The van der Waals surface area contributed by atoms with Crippen molar-refractivity contribution < 1.29 is 9.90 Å². The second-order valence-corrected chi connectivity index (χ2v) is 5.02. The monoisotopic (exact) mass is 226 g/mol. The van der Waals surface area contributed by atoms with Crippen LogP contribution in [-0.2, 0) is 4.79 Å². The molecule has 0 bridgehead atoms. The van der Waals surface area contributed by atoms with Crippen molar-refractivity contribution in [1.82, 2.24) is 9.80 Å². The smallest absolute Gasteiger partial charge is 0.317 e. The van der Waals surface area contributed by atoms with E-state index in [1.165, 1.54) is 38.8 Å². The molecule has 0 saturated carbocycles. The lowest BCUT2D eigenvalue weighted by Gasteiger charge is -2.40. The molecule has 1 atom stereocenters. The maximum absolute atomic E-state index is 10.7. The lowest BCUT2D eigenvalue weighted by atomic mass is 10.0. The van der Waals surface area contributed by atoms with Crippen molar-refractivity contribution in [3.63, 3.8) is 0 Å². The lowest BCUT2D eigenvalue weighted by Crippen LogP contribution is -2.50. The predicted octanol–water partition coefficient (Wildman–Crippen LogP) is 1.02. The van der Waals surface area contributed by atoms with Gasteiger partial charge in [0.25, 0.3) is 0 Å².